The van der Waals surface area contributed by atoms with Crippen molar-refractivity contribution in [2.24, 2.45) is 0 Å². The number of carbonyl (C=O) groups excluding carboxylic acids is 1. The van der Waals surface area contributed by atoms with E-state index in [1.165, 1.54) is 18.2 Å². The number of nitrogen functional groups attached to an aromatic ring is 1. The third-order valence-electron chi connectivity index (χ3n) is 3.08. The summed E-state index contributed by atoms with van der Waals surface area (Å²) in [5.74, 6) is -0.264. The van der Waals surface area contributed by atoms with Crippen LogP contribution >= 0.6 is 0 Å². The van der Waals surface area contributed by atoms with Gasteiger partial charge in [0, 0.05) is 18.8 Å². The number of ether oxygens (including phenoxy) is 1. The molecule has 0 radical (unpaired) electrons. The van der Waals surface area contributed by atoms with Crippen molar-refractivity contribution in [3.63, 3.8) is 0 Å². The van der Waals surface area contributed by atoms with Crippen LogP contribution in [-0.4, -0.2) is 52.9 Å². The lowest BCUT2D eigenvalue weighted by atomic mass is 10.1. The van der Waals surface area contributed by atoms with E-state index >= 15 is 0 Å². The molecule has 0 aliphatic carbocycles. The van der Waals surface area contributed by atoms with E-state index in [2.05, 4.69) is 0 Å². The third-order valence-corrected chi connectivity index (χ3v) is 3.08. The summed E-state index contributed by atoms with van der Waals surface area (Å²) in [6.07, 6.45) is -0.528. The number of phenolic OH excluding ortho intramolecular Hbond substituents is 1. The lowest BCUT2D eigenvalue weighted by Gasteiger charge is -2.36. The van der Waals surface area contributed by atoms with E-state index in [1.807, 2.05) is 6.92 Å². The van der Waals surface area contributed by atoms with Crippen molar-refractivity contribution in [3.8, 4) is 5.75 Å². The number of nitrogens with zero attached hydrogens (tertiary/aromatic N) is 1. The van der Waals surface area contributed by atoms with Crippen LogP contribution in [0.25, 0.3) is 0 Å². The maximum atomic E-state index is 12.4. The predicted octanol–water partition coefficient (Wildman–Crippen LogP) is 0.196. The summed E-state index contributed by atoms with van der Waals surface area (Å²) in [7, 11) is 0. The molecule has 6 heteroatoms. The molecule has 6 nitrogen and oxygen atoms in total. The van der Waals surface area contributed by atoms with Gasteiger partial charge in [0.2, 0.25) is 0 Å². The highest BCUT2D eigenvalue weighted by atomic mass is 16.5. The molecule has 1 amide bonds. The van der Waals surface area contributed by atoms with E-state index in [-0.39, 0.29) is 36.0 Å². The van der Waals surface area contributed by atoms with Gasteiger partial charge in [-0.25, -0.2) is 0 Å². The van der Waals surface area contributed by atoms with Gasteiger partial charge >= 0.3 is 0 Å². The van der Waals surface area contributed by atoms with Crippen LogP contribution in [0.5, 0.6) is 5.75 Å². The van der Waals surface area contributed by atoms with Gasteiger partial charge in [-0.3, -0.25) is 4.79 Å². The number of aliphatic hydroxyl groups excluding tert-OH is 1. The monoisotopic (exact) mass is 266 g/mol. The van der Waals surface area contributed by atoms with Crippen molar-refractivity contribution in [1.29, 1.82) is 0 Å². The summed E-state index contributed by atoms with van der Waals surface area (Å²) >= 11 is 0. The lowest BCUT2D eigenvalue weighted by molar-refractivity contribution is -0.0858. The number of benzene rings is 1. The molecule has 2 rings (SSSR count). The summed E-state index contributed by atoms with van der Waals surface area (Å²) < 4.78 is 5.48. The zero-order valence-electron chi connectivity index (χ0n) is 10.7. The summed E-state index contributed by atoms with van der Waals surface area (Å²) in [5, 5.41) is 18.6. The molecule has 1 saturated heterocycles. The number of nitrogens with two attached hydrogens (primary N) is 1. The second-order valence-corrected chi connectivity index (χ2v) is 4.73. The van der Waals surface area contributed by atoms with Crippen molar-refractivity contribution in [2.75, 3.05) is 25.4 Å². The van der Waals surface area contributed by atoms with Crippen molar-refractivity contribution < 1.29 is 19.7 Å². The van der Waals surface area contributed by atoms with Gasteiger partial charge in [-0.1, -0.05) is 0 Å². The Labute approximate surface area is 111 Å². The molecule has 2 atom stereocenters. The Kier molecular flexibility index (Phi) is 3.92. The minimum absolute atomic E-state index is 0.00225. The highest BCUT2D eigenvalue weighted by Gasteiger charge is 2.29. The van der Waals surface area contributed by atoms with E-state index in [0.717, 1.165) is 0 Å². The van der Waals surface area contributed by atoms with Crippen LogP contribution < -0.4 is 5.73 Å². The molecule has 4 N–H and O–H groups in total. The normalized spacial score (nSPS) is 23.4. The molecule has 0 aromatic heterocycles. The predicted molar refractivity (Wildman–Crippen MR) is 69.8 cm³/mol. The molecule has 1 aliphatic rings. The van der Waals surface area contributed by atoms with Crippen molar-refractivity contribution in [1.82, 2.24) is 4.90 Å². The molecule has 0 spiro atoms. The number of hydrogen-bond acceptors (Lipinski definition) is 5. The Morgan fingerprint density at radius 2 is 2.26 bits per heavy atom. The van der Waals surface area contributed by atoms with E-state index in [9.17, 15) is 9.90 Å². The summed E-state index contributed by atoms with van der Waals surface area (Å²) in [5.41, 5.74) is 6.35. The van der Waals surface area contributed by atoms with E-state index in [0.29, 0.717) is 18.8 Å². The minimum atomic E-state index is -0.383. The van der Waals surface area contributed by atoms with Gasteiger partial charge < -0.3 is 25.6 Å². The molecule has 1 aromatic rings. The molecular weight excluding hydrogens is 248 g/mol. The fourth-order valence-electron chi connectivity index (χ4n) is 2.21. The highest BCUT2D eigenvalue weighted by molar-refractivity contribution is 5.99. The van der Waals surface area contributed by atoms with Gasteiger partial charge in [0.25, 0.3) is 5.91 Å². The summed E-state index contributed by atoms with van der Waals surface area (Å²) in [4.78, 5) is 14.0. The molecule has 2 unspecified atom stereocenters. The molecule has 1 aromatic carbocycles. The van der Waals surface area contributed by atoms with Gasteiger partial charge in [0.05, 0.1) is 24.4 Å². The number of morpholine rings is 1. The van der Waals surface area contributed by atoms with Gasteiger partial charge in [-0.2, -0.15) is 0 Å². The van der Waals surface area contributed by atoms with Gasteiger partial charge in [0.1, 0.15) is 5.75 Å². The average Bonchev–Trinajstić information content (AvgIpc) is 2.40. The van der Waals surface area contributed by atoms with Crippen LogP contribution in [0.1, 0.15) is 17.3 Å². The Balaban J connectivity index is 2.21. The summed E-state index contributed by atoms with van der Waals surface area (Å²) in [6.45, 7) is 2.46. The first-order chi connectivity index (χ1) is 9.01. The van der Waals surface area contributed by atoms with Gasteiger partial charge in [-0.05, 0) is 25.1 Å². The molecule has 1 fully saturated rings. The van der Waals surface area contributed by atoms with E-state index < -0.39 is 0 Å². The average molecular weight is 266 g/mol. The standard InChI is InChI=1S/C13H18N2O4/c1-8-5-15(6-10(7-16)19-8)13(18)11-4-9(17)2-3-12(11)14/h2-4,8,10,16-17H,5-7,14H2,1H3. The highest BCUT2D eigenvalue weighted by Crippen LogP contribution is 2.22. The maximum Gasteiger partial charge on any atom is 0.256 e. The van der Waals surface area contributed by atoms with Crippen molar-refractivity contribution in [2.45, 2.75) is 19.1 Å². The lowest BCUT2D eigenvalue weighted by Crippen LogP contribution is -2.50. The second-order valence-electron chi connectivity index (χ2n) is 4.73. The zero-order valence-corrected chi connectivity index (χ0v) is 10.7. The Morgan fingerprint density at radius 1 is 1.53 bits per heavy atom. The fourth-order valence-corrected chi connectivity index (χ4v) is 2.21. The first-order valence-electron chi connectivity index (χ1n) is 6.15. The van der Waals surface area contributed by atoms with Crippen molar-refractivity contribution >= 4 is 11.6 Å². The topological polar surface area (TPSA) is 96.0 Å². The first-order valence-corrected chi connectivity index (χ1v) is 6.15. The number of aliphatic hydroxyl groups is 1. The number of hydrogen-bond donors (Lipinski definition) is 3. The number of amides is 1. The zero-order chi connectivity index (χ0) is 14.0. The molecule has 0 bridgehead atoms. The molecular formula is C13H18N2O4. The van der Waals surface area contributed by atoms with E-state index in [4.69, 9.17) is 15.6 Å². The SMILES string of the molecule is CC1CN(C(=O)c2cc(O)ccc2N)CC(CO)O1. The Bertz CT molecular complexity index is 478. The number of carbonyl (C=O) groups is 1. The smallest absolute Gasteiger partial charge is 0.256 e. The Hall–Kier alpha value is -1.79. The minimum Gasteiger partial charge on any atom is -0.508 e. The van der Waals surface area contributed by atoms with E-state index in [1.54, 1.807) is 4.90 Å². The second kappa shape index (κ2) is 5.46. The van der Waals surface area contributed by atoms with Crippen LogP contribution in [0.3, 0.4) is 0 Å². The molecule has 1 aliphatic heterocycles. The van der Waals surface area contributed by atoms with Gasteiger partial charge in [-0.15, -0.1) is 0 Å². The van der Waals surface area contributed by atoms with Crippen LogP contribution in [0.15, 0.2) is 18.2 Å². The number of phenols is 1. The number of anilines is 1. The van der Waals surface area contributed by atoms with Gasteiger partial charge in [0.15, 0.2) is 0 Å². The molecule has 1 heterocycles. The van der Waals surface area contributed by atoms with Crippen LogP contribution in [0.4, 0.5) is 5.69 Å². The van der Waals surface area contributed by atoms with Crippen LogP contribution in [0.2, 0.25) is 0 Å². The molecule has 0 saturated carbocycles. The number of aromatic hydroxyl groups is 1. The number of rotatable bonds is 2. The van der Waals surface area contributed by atoms with Crippen LogP contribution in [-0.2, 0) is 4.74 Å². The maximum absolute atomic E-state index is 12.4. The quantitative estimate of drug-likeness (QED) is 0.525. The van der Waals surface area contributed by atoms with Crippen LogP contribution in [0, 0.1) is 0 Å². The third kappa shape index (κ3) is 2.97. The summed E-state index contributed by atoms with van der Waals surface area (Å²) in [6, 6.07) is 4.28. The fraction of sp³-hybridized carbons (Fsp3) is 0.462. The molecule has 19 heavy (non-hydrogen) atoms. The Morgan fingerprint density at radius 3 is 2.95 bits per heavy atom. The molecule has 104 valence electrons. The first kappa shape index (κ1) is 13.6. The largest absolute Gasteiger partial charge is 0.508 e. The van der Waals surface area contributed by atoms with Crippen molar-refractivity contribution in [3.05, 3.63) is 23.8 Å².